The van der Waals surface area contributed by atoms with Gasteiger partial charge >= 0.3 is 12.0 Å². The predicted molar refractivity (Wildman–Crippen MR) is 71.1 cm³/mol. The normalized spacial score (nSPS) is 22.7. The van der Waals surface area contributed by atoms with Crippen molar-refractivity contribution in [2.24, 2.45) is 0 Å². The Morgan fingerprint density at radius 1 is 1.26 bits per heavy atom. The van der Waals surface area contributed by atoms with E-state index in [1.165, 1.54) is 0 Å². The first kappa shape index (κ1) is 15.8. The molecule has 1 aliphatic heterocycles. The van der Waals surface area contributed by atoms with Gasteiger partial charge in [-0.2, -0.15) is 0 Å². The topological polar surface area (TPSA) is 78.9 Å². The number of ether oxygens (including phenoxy) is 1. The van der Waals surface area contributed by atoms with E-state index in [2.05, 4.69) is 5.32 Å². The fourth-order valence-corrected chi connectivity index (χ4v) is 2.51. The van der Waals surface area contributed by atoms with Crippen molar-refractivity contribution in [1.82, 2.24) is 10.2 Å². The number of morpholine rings is 1. The van der Waals surface area contributed by atoms with Gasteiger partial charge in [-0.1, -0.05) is 6.92 Å². The van der Waals surface area contributed by atoms with Gasteiger partial charge < -0.3 is 20.1 Å². The summed E-state index contributed by atoms with van der Waals surface area (Å²) in [4.78, 5) is 24.7. The van der Waals surface area contributed by atoms with E-state index in [4.69, 9.17) is 9.84 Å². The van der Waals surface area contributed by atoms with Gasteiger partial charge in [-0.15, -0.1) is 0 Å². The van der Waals surface area contributed by atoms with Crippen LogP contribution < -0.4 is 5.32 Å². The minimum absolute atomic E-state index is 0.348. The molecule has 1 aliphatic rings. The van der Waals surface area contributed by atoms with Crippen LogP contribution in [-0.4, -0.2) is 52.3 Å². The number of carboxylic acids is 1. The third kappa shape index (κ3) is 4.38. The zero-order valence-corrected chi connectivity index (χ0v) is 12.3. The first-order valence-electron chi connectivity index (χ1n) is 6.55. The van der Waals surface area contributed by atoms with Crippen LogP contribution in [0.5, 0.6) is 0 Å². The van der Waals surface area contributed by atoms with Crippen molar-refractivity contribution < 1.29 is 19.4 Å². The highest BCUT2D eigenvalue weighted by Gasteiger charge is 2.40. The van der Waals surface area contributed by atoms with E-state index in [-0.39, 0.29) is 6.03 Å². The number of amides is 2. The number of carboxylic acid groups (broad SMARTS) is 1. The van der Waals surface area contributed by atoms with Crippen molar-refractivity contribution >= 4 is 12.0 Å². The molecule has 0 radical (unpaired) electrons. The quantitative estimate of drug-likeness (QED) is 0.815. The molecule has 0 aromatic carbocycles. The molecule has 1 saturated heterocycles. The molecule has 2 N–H and O–H groups in total. The number of nitrogens with zero attached hydrogens (tertiary/aromatic N) is 1. The molecule has 1 atom stereocenters. The lowest BCUT2D eigenvalue weighted by molar-refractivity contribution is -0.170. The second-order valence-electron chi connectivity index (χ2n) is 6.23. The Hall–Kier alpha value is -1.30. The summed E-state index contributed by atoms with van der Waals surface area (Å²) in [7, 11) is 0. The number of carbonyl (C=O) groups is 2. The van der Waals surface area contributed by atoms with Gasteiger partial charge in [0.2, 0.25) is 0 Å². The Labute approximate surface area is 114 Å². The molecule has 1 rings (SSSR count). The Balaban J connectivity index is 2.73. The average Bonchev–Trinajstić information content (AvgIpc) is 2.20. The van der Waals surface area contributed by atoms with Crippen LogP contribution in [-0.2, 0) is 9.53 Å². The molecule has 110 valence electrons. The molecule has 6 heteroatoms. The van der Waals surface area contributed by atoms with Crippen LogP contribution in [0.4, 0.5) is 4.79 Å². The summed E-state index contributed by atoms with van der Waals surface area (Å²) in [6.45, 7) is 10.3. The van der Waals surface area contributed by atoms with Crippen LogP contribution in [0.2, 0.25) is 0 Å². The Kier molecular flexibility index (Phi) is 4.45. The molecule has 0 unspecified atom stereocenters. The van der Waals surface area contributed by atoms with E-state index in [1.54, 1.807) is 11.8 Å². The lowest BCUT2D eigenvalue weighted by atomic mass is 9.99. The average molecular weight is 272 g/mol. The van der Waals surface area contributed by atoms with Crippen LogP contribution in [0.1, 0.15) is 41.0 Å². The van der Waals surface area contributed by atoms with E-state index < -0.39 is 23.2 Å². The van der Waals surface area contributed by atoms with Gasteiger partial charge in [0.15, 0.2) is 0 Å². The molecule has 0 spiro atoms. The molecule has 6 nitrogen and oxygen atoms in total. The molecule has 1 fully saturated rings. The van der Waals surface area contributed by atoms with E-state index in [0.717, 1.165) is 0 Å². The third-order valence-corrected chi connectivity index (χ3v) is 2.99. The van der Waals surface area contributed by atoms with Crippen LogP contribution in [0.15, 0.2) is 0 Å². The lowest BCUT2D eigenvalue weighted by Crippen LogP contribution is -2.61. The SMILES string of the molecule is CC[C@H](NC(=O)N1CC(C)(C)OC(C)(C)C1)C(=O)O. The molecule has 2 amide bonds. The largest absolute Gasteiger partial charge is 0.480 e. The van der Waals surface area contributed by atoms with Crippen molar-refractivity contribution in [3.05, 3.63) is 0 Å². The summed E-state index contributed by atoms with van der Waals surface area (Å²) in [6.07, 6.45) is 0.359. The van der Waals surface area contributed by atoms with E-state index >= 15 is 0 Å². The predicted octanol–water partition coefficient (Wildman–Crippen LogP) is 1.45. The first-order chi connectivity index (χ1) is 8.56. The molecular formula is C13H24N2O4. The summed E-state index contributed by atoms with van der Waals surface area (Å²) in [5.74, 6) is -1.01. The molecule has 0 saturated carbocycles. The van der Waals surface area contributed by atoms with Gasteiger partial charge in [-0.05, 0) is 34.1 Å². The molecule has 0 aromatic rings. The van der Waals surface area contributed by atoms with Crippen molar-refractivity contribution in [2.75, 3.05) is 13.1 Å². The number of rotatable bonds is 3. The number of urea groups is 1. The van der Waals surface area contributed by atoms with Gasteiger partial charge in [0.25, 0.3) is 0 Å². The maximum absolute atomic E-state index is 12.1. The van der Waals surface area contributed by atoms with Gasteiger partial charge in [0.05, 0.1) is 24.3 Å². The Morgan fingerprint density at radius 2 is 1.74 bits per heavy atom. The molecule has 0 aromatic heterocycles. The van der Waals surface area contributed by atoms with Crippen molar-refractivity contribution in [1.29, 1.82) is 0 Å². The van der Waals surface area contributed by atoms with Gasteiger partial charge in [0, 0.05) is 0 Å². The molecule has 0 bridgehead atoms. The minimum Gasteiger partial charge on any atom is -0.480 e. The van der Waals surface area contributed by atoms with E-state index in [9.17, 15) is 9.59 Å². The highest BCUT2D eigenvalue weighted by Crippen LogP contribution is 2.27. The van der Waals surface area contributed by atoms with Crippen LogP contribution in [0, 0.1) is 0 Å². The summed E-state index contributed by atoms with van der Waals surface area (Å²) in [6, 6.07) is -1.19. The van der Waals surface area contributed by atoms with Crippen LogP contribution >= 0.6 is 0 Å². The Bertz CT molecular complexity index is 350. The second-order valence-corrected chi connectivity index (χ2v) is 6.23. The monoisotopic (exact) mass is 272 g/mol. The standard InChI is InChI=1S/C13H24N2O4/c1-6-9(10(16)17)14-11(18)15-7-12(2,3)19-13(4,5)8-15/h9H,6-8H2,1-5H3,(H,14,18)(H,16,17)/t9-/m0/s1. The Morgan fingerprint density at radius 3 is 2.11 bits per heavy atom. The summed E-state index contributed by atoms with van der Waals surface area (Å²) in [5.41, 5.74) is -0.881. The fraction of sp³-hybridized carbons (Fsp3) is 0.846. The summed E-state index contributed by atoms with van der Waals surface area (Å²) in [5, 5.41) is 11.5. The number of aliphatic carboxylic acids is 1. The molecular weight excluding hydrogens is 248 g/mol. The fourth-order valence-electron chi connectivity index (χ4n) is 2.51. The maximum Gasteiger partial charge on any atom is 0.326 e. The molecule has 1 heterocycles. The van der Waals surface area contributed by atoms with E-state index in [1.807, 2.05) is 27.7 Å². The zero-order chi connectivity index (χ0) is 14.8. The van der Waals surface area contributed by atoms with Crippen molar-refractivity contribution in [2.45, 2.75) is 58.3 Å². The van der Waals surface area contributed by atoms with Crippen molar-refractivity contribution in [3.63, 3.8) is 0 Å². The zero-order valence-electron chi connectivity index (χ0n) is 12.3. The smallest absolute Gasteiger partial charge is 0.326 e. The van der Waals surface area contributed by atoms with Crippen LogP contribution in [0.3, 0.4) is 0 Å². The van der Waals surface area contributed by atoms with Gasteiger partial charge in [0.1, 0.15) is 6.04 Å². The molecule has 19 heavy (non-hydrogen) atoms. The summed E-state index contributed by atoms with van der Waals surface area (Å²) >= 11 is 0. The van der Waals surface area contributed by atoms with Gasteiger partial charge in [-0.25, -0.2) is 9.59 Å². The van der Waals surface area contributed by atoms with Crippen LogP contribution in [0.25, 0.3) is 0 Å². The number of carbonyl (C=O) groups excluding carboxylic acids is 1. The minimum atomic E-state index is -1.01. The lowest BCUT2D eigenvalue weighted by Gasteiger charge is -2.47. The number of hydrogen-bond acceptors (Lipinski definition) is 3. The highest BCUT2D eigenvalue weighted by atomic mass is 16.5. The summed E-state index contributed by atoms with van der Waals surface area (Å²) < 4.78 is 5.88. The van der Waals surface area contributed by atoms with Crippen molar-refractivity contribution in [3.8, 4) is 0 Å². The highest BCUT2D eigenvalue weighted by molar-refractivity contribution is 5.82. The van der Waals surface area contributed by atoms with Gasteiger partial charge in [-0.3, -0.25) is 0 Å². The third-order valence-electron chi connectivity index (χ3n) is 2.99. The maximum atomic E-state index is 12.1. The first-order valence-corrected chi connectivity index (χ1v) is 6.55. The number of nitrogens with one attached hydrogen (secondary N) is 1. The molecule has 0 aliphatic carbocycles. The number of hydrogen-bond donors (Lipinski definition) is 2. The second kappa shape index (κ2) is 5.36. The van der Waals surface area contributed by atoms with E-state index in [0.29, 0.717) is 19.5 Å².